The number of rotatable bonds is 6. The van der Waals surface area contributed by atoms with Crippen molar-refractivity contribution in [2.45, 2.75) is 12.5 Å². The molecule has 11 heteroatoms. The van der Waals surface area contributed by atoms with Crippen molar-refractivity contribution >= 4 is 40.7 Å². The lowest BCUT2D eigenvalue weighted by atomic mass is 10.1. The van der Waals surface area contributed by atoms with Gasteiger partial charge < -0.3 is 29.9 Å². The minimum absolute atomic E-state index is 0.130. The van der Waals surface area contributed by atoms with Crippen molar-refractivity contribution in [2.24, 2.45) is 0 Å². The molecule has 2 aromatic rings. The van der Waals surface area contributed by atoms with Gasteiger partial charge in [0.05, 0.1) is 13.0 Å². The molecular weight excluding hydrogens is 486 g/mol. The van der Waals surface area contributed by atoms with Gasteiger partial charge in [-0.15, -0.1) is 0 Å². The Hall–Kier alpha value is -3.50. The highest BCUT2D eigenvalue weighted by Crippen LogP contribution is 2.34. The monoisotopic (exact) mass is 513 g/mol. The molecule has 0 aromatic heterocycles. The first-order valence-corrected chi connectivity index (χ1v) is 12.3. The summed E-state index contributed by atoms with van der Waals surface area (Å²) in [6.07, 6.45) is -0.130. The molecule has 3 amide bonds. The number of nitrogens with zero attached hydrogens (tertiary/aromatic N) is 3. The number of fused-ring (bicyclic) bond motifs is 1. The van der Waals surface area contributed by atoms with Gasteiger partial charge in [0.25, 0.3) is 0 Å². The molecule has 0 bridgehead atoms. The summed E-state index contributed by atoms with van der Waals surface area (Å²) >= 11 is 6.12. The molecular formula is C25H28ClN5O5. The van der Waals surface area contributed by atoms with Crippen LogP contribution in [0.5, 0.6) is 11.5 Å². The Bertz CT molecular complexity index is 1150. The molecule has 0 saturated carbocycles. The van der Waals surface area contributed by atoms with E-state index in [-0.39, 0.29) is 37.5 Å². The lowest BCUT2D eigenvalue weighted by Crippen LogP contribution is -2.60. The molecule has 5 rings (SSSR count). The molecule has 0 unspecified atom stereocenters. The van der Waals surface area contributed by atoms with E-state index < -0.39 is 6.04 Å². The molecule has 0 radical (unpaired) electrons. The Labute approximate surface area is 214 Å². The lowest BCUT2D eigenvalue weighted by molar-refractivity contribution is -0.145. The van der Waals surface area contributed by atoms with Crippen LogP contribution in [0.15, 0.2) is 42.5 Å². The smallest absolute Gasteiger partial charge is 0.243 e. The first kappa shape index (κ1) is 24.2. The number of nitrogens with one attached hydrogen (secondary N) is 2. The standard InChI is InChI=1S/C25H28ClN5O5/c26-17-2-1-3-19(12-17)30-10-8-29(9-11-30)15-24(33)31-7-6-27-25(34)20(31)14-23(32)28-18-4-5-21-22(13-18)36-16-35-21/h1-5,12-13,20H,6-11,14-16H2,(H,27,34)(H,28,32)/t20-/m1/s1. The van der Waals surface area contributed by atoms with Crippen LogP contribution in [0.4, 0.5) is 11.4 Å². The van der Waals surface area contributed by atoms with Crippen LogP contribution in [0, 0.1) is 0 Å². The van der Waals surface area contributed by atoms with E-state index in [1.807, 2.05) is 24.3 Å². The summed E-state index contributed by atoms with van der Waals surface area (Å²) in [7, 11) is 0. The number of amides is 3. The fourth-order valence-corrected chi connectivity index (χ4v) is 4.88. The minimum atomic E-state index is -0.854. The van der Waals surface area contributed by atoms with Crippen molar-refractivity contribution in [1.82, 2.24) is 15.1 Å². The van der Waals surface area contributed by atoms with Crippen molar-refractivity contribution < 1.29 is 23.9 Å². The van der Waals surface area contributed by atoms with Gasteiger partial charge in [-0.05, 0) is 30.3 Å². The maximum absolute atomic E-state index is 13.2. The third kappa shape index (κ3) is 5.50. The second kappa shape index (κ2) is 10.6. The molecule has 10 nitrogen and oxygen atoms in total. The molecule has 2 N–H and O–H groups in total. The minimum Gasteiger partial charge on any atom is -0.454 e. The van der Waals surface area contributed by atoms with Gasteiger partial charge in [-0.1, -0.05) is 17.7 Å². The molecule has 1 atom stereocenters. The zero-order valence-electron chi connectivity index (χ0n) is 19.7. The van der Waals surface area contributed by atoms with Crippen LogP contribution in [0.25, 0.3) is 0 Å². The number of hydrogen-bond acceptors (Lipinski definition) is 7. The number of piperazine rings is 2. The van der Waals surface area contributed by atoms with Crippen molar-refractivity contribution in [3.8, 4) is 11.5 Å². The largest absolute Gasteiger partial charge is 0.454 e. The van der Waals surface area contributed by atoms with Crippen molar-refractivity contribution in [3.63, 3.8) is 0 Å². The summed E-state index contributed by atoms with van der Waals surface area (Å²) in [6.45, 7) is 4.06. The van der Waals surface area contributed by atoms with Gasteiger partial charge in [-0.2, -0.15) is 0 Å². The number of anilines is 2. The average Bonchev–Trinajstić information content (AvgIpc) is 3.33. The summed E-state index contributed by atoms with van der Waals surface area (Å²) < 4.78 is 10.6. The molecule has 0 spiro atoms. The van der Waals surface area contributed by atoms with Crippen molar-refractivity contribution in [1.29, 1.82) is 0 Å². The Kier molecular flexibility index (Phi) is 7.15. The fourth-order valence-electron chi connectivity index (χ4n) is 4.70. The SMILES string of the molecule is O=C(C[C@@H]1C(=O)NCCN1C(=O)CN1CCN(c2cccc(Cl)c2)CC1)Nc1ccc2c(c1)OCO2. The lowest BCUT2D eigenvalue weighted by Gasteiger charge is -2.39. The molecule has 3 heterocycles. The highest BCUT2D eigenvalue weighted by molar-refractivity contribution is 6.30. The van der Waals surface area contributed by atoms with Gasteiger partial charge in [-0.3, -0.25) is 19.3 Å². The third-order valence-corrected chi connectivity index (χ3v) is 6.83. The van der Waals surface area contributed by atoms with E-state index in [0.717, 1.165) is 18.8 Å². The van der Waals surface area contributed by atoms with Crippen LogP contribution in [-0.2, 0) is 14.4 Å². The zero-order chi connectivity index (χ0) is 25.1. The predicted octanol–water partition coefficient (Wildman–Crippen LogP) is 1.55. The van der Waals surface area contributed by atoms with Crippen LogP contribution >= 0.6 is 11.6 Å². The second-order valence-electron chi connectivity index (χ2n) is 8.96. The Balaban J connectivity index is 1.16. The van der Waals surface area contributed by atoms with Gasteiger partial charge in [0.2, 0.25) is 24.5 Å². The van der Waals surface area contributed by atoms with E-state index in [9.17, 15) is 14.4 Å². The molecule has 3 aliphatic rings. The normalized spacial score (nSPS) is 19.7. The molecule has 36 heavy (non-hydrogen) atoms. The number of carbonyl (C=O) groups is 3. The van der Waals surface area contributed by atoms with E-state index in [4.69, 9.17) is 21.1 Å². The predicted molar refractivity (Wildman–Crippen MR) is 134 cm³/mol. The van der Waals surface area contributed by atoms with Gasteiger partial charge in [-0.25, -0.2) is 0 Å². The van der Waals surface area contributed by atoms with Crippen LogP contribution in [0.3, 0.4) is 0 Å². The van der Waals surface area contributed by atoms with Crippen molar-refractivity contribution in [2.75, 3.05) is 62.8 Å². The summed E-state index contributed by atoms with van der Waals surface area (Å²) in [4.78, 5) is 44.4. The topological polar surface area (TPSA) is 103 Å². The molecule has 2 aromatic carbocycles. The van der Waals surface area contributed by atoms with E-state index in [0.29, 0.717) is 48.4 Å². The van der Waals surface area contributed by atoms with E-state index in [1.54, 1.807) is 18.2 Å². The number of hydrogen-bond donors (Lipinski definition) is 2. The molecule has 2 saturated heterocycles. The van der Waals surface area contributed by atoms with Gasteiger partial charge in [0.15, 0.2) is 11.5 Å². The Morgan fingerprint density at radius 2 is 1.83 bits per heavy atom. The van der Waals surface area contributed by atoms with E-state index in [2.05, 4.69) is 20.4 Å². The van der Waals surface area contributed by atoms with Gasteiger partial charge in [0, 0.05) is 61.7 Å². The van der Waals surface area contributed by atoms with E-state index in [1.165, 1.54) is 4.90 Å². The Morgan fingerprint density at radius 3 is 2.64 bits per heavy atom. The van der Waals surface area contributed by atoms with Crippen LogP contribution < -0.4 is 25.0 Å². The summed E-state index contributed by atoms with van der Waals surface area (Å²) in [5, 5.41) is 6.26. The van der Waals surface area contributed by atoms with Crippen LogP contribution in [-0.4, -0.2) is 86.2 Å². The fraction of sp³-hybridized carbons (Fsp3) is 0.400. The number of halogens is 1. The maximum atomic E-state index is 13.2. The first-order valence-electron chi connectivity index (χ1n) is 12.0. The maximum Gasteiger partial charge on any atom is 0.243 e. The molecule has 190 valence electrons. The third-order valence-electron chi connectivity index (χ3n) is 6.59. The van der Waals surface area contributed by atoms with Gasteiger partial charge >= 0.3 is 0 Å². The van der Waals surface area contributed by atoms with Crippen LogP contribution in [0.2, 0.25) is 5.02 Å². The Morgan fingerprint density at radius 1 is 1.03 bits per heavy atom. The summed E-state index contributed by atoms with van der Waals surface area (Å²) in [5.41, 5.74) is 1.60. The quantitative estimate of drug-likeness (QED) is 0.604. The molecule has 3 aliphatic heterocycles. The average molecular weight is 514 g/mol. The molecule has 2 fully saturated rings. The molecule has 0 aliphatic carbocycles. The number of carbonyl (C=O) groups excluding carboxylic acids is 3. The van der Waals surface area contributed by atoms with Crippen molar-refractivity contribution in [3.05, 3.63) is 47.5 Å². The number of ether oxygens (including phenoxy) is 2. The second-order valence-corrected chi connectivity index (χ2v) is 9.39. The summed E-state index contributed by atoms with van der Waals surface area (Å²) in [6, 6.07) is 12.0. The highest BCUT2D eigenvalue weighted by Gasteiger charge is 2.35. The zero-order valence-corrected chi connectivity index (χ0v) is 20.5. The number of benzene rings is 2. The highest BCUT2D eigenvalue weighted by atomic mass is 35.5. The van der Waals surface area contributed by atoms with Crippen LogP contribution in [0.1, 0.15) is 6.42 Å². The van der Waals surface area contributed by atoms with E-state index >= 15 is 0 Å². The first-order chi connectivity index (χ1) is 17.5. The van der Waals surface area contributed by atoms with Gasteiger partial charge in [0.1, 0.15) is 6.04 Å². The summed E-state index contributed by atoms with van der Waals surface area (Å²) in [5.74, 6) is 0.340.